The monoisotopic (exact) mass is 336 g/mol. The minimum Gasteiger partial charge on any atom is -0.346 e. The quantitative estimate of drug-likeness (QED) is 0.677. The number of aromatic amines is 1. The van der Waals surface area contributed by atoms with E-state index in [1.54, 1.807) is 6.20 Å². The summed E-state index contributed by atoms with van der Waals surface area (Å²) in [5.74, 6) is -0.0996. The first-order valence-corrected chi connectivity index (χ1v) is 8.44. The molecule has 1 aromatic carbocycles. The van der Waals surface area contributed by atoms with E-state index in [0.717, 1.165) is 43.0 Å². The van der Waals surface area contributed by atoms with E-state index in [2.05, 4.69) is 32.0 Å². The van der Waals surface area contributed by atoms with Gasteiger partial charge in [0.2, 0.25) is 0 Å². The Morgan fingerprint density at radius 3 is 2.92 bits per heavy atom. The third-order valence-electron chi connectivity index (χ3n) is 4.33. The van der Waals surface area contributed by atoms with Crippen molar-refractivity contribution in [3.8, 4) is 11.3 Å². The summed E-state index contributed by atoms with van der Waals surface area (Å²) in [6.07, 6.45) is 2.78. The lowest BCUT2D eigenvalue weighted by Crippen LogP contribution is -2.23. The van der Waals surface area contributed by atoms with Crippen molar-refractivity contribution in [2.24, 2.45) is 0 Å². The van der Waals surface area contributed by atoms with Crippen molar-refractivity contribution >= 4 is 5.91 Å². The van der Waals surface area contributed by atoms with E-state index in [9.17, 15) is 4.79 Å². The molecule has 0 fully saturated rings. The van der Waals surface area contributed by atoms with Gasteiger partial charge in [0, 0.05) is 24.8 Å². The number of fused-ring (bicyclic) bond motifs is 1. The fourth-order valence-corrected chi connectivity index (χ4v) is 3.00. The van der Waals surface area contributed by atoms with Gasteiger partial charge in [-0.3, -0.25) is 14.6 Å². The molecule has 0 atom stereocenters. The molecule has 0 aliphatic carbocycles. The summed E-state index contributed by atoms with van der Waals surface area (Å²) in [7, 11) is 0. The minimum atomic E-state index is -0.0996. The van der Waals surface area contributed by atoms with Crippen LogP contribution >= 0.6 is 0 Å². The number of rotatable bonds is 4. The largest absolute Gasteiger partial charge is 0.346 e. The molecule has 3 aromatic rings. The molecular formula is C18H20N6O. The van der Waals surface area contributed by atoms with E-state index < -0.39 is 0 Å². The molecule has 3 heterocycles. The molecule has 1 amide bonds. The molecule has 0 saturated carbocycles. The maximum Gasteiger partial charge on any atom is 0.251 e. The van der Waals surface area contributed by atoms with E-state index in [-0.39, 0.29) is 5.91 Å². The number of H-pyrrole nitrogens is 1. The van der Waals surface area contributed by atoms with Crippen LogP contribution in [0.5, 0.6) is 0 Å². The van der Waals surface area contributed by atoms with Crippen LogP contribution in [0.25, 0.3) is 11.3 Å². The Hall–Kier alpha value is -2.93. The van der Waals surface area contributed by atoms with Crippen LogP contribution in [-0.2, 0) is 19.6 Å². The Balaban J connectivity index is 1.39. The Labute approximate surface area is 145 Å². The second-order valence-electron chi connectivity index (χ2n) is 6.11. The Bertz CT molecular complexity index is 827. The molecule has 0 spiro atoms. The van der Waals surface area contributed by atoms with Crippen molar-refractivity contribution in [2.45, 2.75) is 26.1 Å². The second-order valence-corrected chi connectivity index (χ2v) is 6.11. The standard InChI is InChI=1S/C18H20N6O/c25-18(14-4-2-13(3-5-14)17-6-8-21-22-17)20-11-15-10-16-12-19-7-1-9-24(16)23-15/h2-6,8,10,19H,1,7,9,11-12H2,(H,20,25)(H,21,22). The fraction of sp³-hybridized carbons (Fsp3) is 0.278. The summed E-state index contributed by atoms with van der Waals surface area (Å²) in [6.45, 7) is 3.20. The molecule has 2 aromatic heterocycles. The van der Waals surface area contributed by atoms with Gasteiger partial charge in [0.15, 0.2) is 0 Å². The van der Waals surface area contributed by atoms with Gasteiger partial charge in [0.05, 0.1) is 23.6 Å². The summed E-state index contributed by atoms with van der Waals surface area (Å²) in [5.41, 5.74) is 4.62. The Morgan fingerprint density at radius 2 is 2.12 bits per heavy atom. The van der Waals surface area contributed by atoms with Gasteiger partial charge in [-0.25, -0.2) is 0 Å². The molecule has 1 aliphatic heterocycles. The molecule has 128 valence electrons. The zero-order valence-corrected chi connectivity index (χ0v) is 13.8. The molecule has 7 heteroatoms. The van der Waals surface area contributed by atoms with Gasteiger partial charge in [-0.1, -0.05) is 12.1 Å². The van der Waals surface area contributed by atoms with Crippen LogP contribution in [0.3, 0.4) is 0 Å². The minimum absolute atomic E-state index is 0.0996. The highest BCUT2D eigenvalue weighted by molar-refractivity contribution is 5.94. The highest BCUT2D eigenvalue weighted by Crippen LogP contribution is 2.16. The number of carbonyl (C=O) groups excluding carboxylic acids is 1. The van der Waals surface area contributed by atoms with E-state index in [1.165, 1.54) is 5.69 Å². The summed E-state index contributed by atoms with van der Waals surface area (Å²) < 4.78 is 2.03. The Kier molecular flexibility index (Phi) is 4.30. The molecule has 7 nitrogen and oxygen atoms in total. The van der Waals surface area contributed by atoms with Crippen LogP contribution in [0.1, 0.15) is 28.2 Å². The number of amides is 1. The van der Waals surface area contributed by atoms with Crippen LogP contribution < -0.4 is 10.6 Å². The average Bonchev–Trinajstić information content (AvgIpc) is 3.26. The van der Waals surface area contributed by atoms with Crippen molar-refractivity contribution in [1.29, 1.82) is 0 Å². The van der Waals surface area contributed by atoms with Gasteiger partial charge in [0.25, 0.3) is 5.91 Å². The smallest absolute Gasteiger partial charge is 0.251 e. The van der Waals surface area contributed by atoms with Gasteiger partial charge in [-0.05, 0) is 42.8 Å². The number of aromatic nitrogens is 4. The predicted molar refractivity (Wildman–Crippen MR) is 93.7 cm³/mol. The first-order valence-electron chi connectivity index (χ1n) is 8.44. The molecule has 0 radical (unpaired) electrons. The molecule has 0 bridgehead atoms. The molecule has 3 N–H and O–H groups in total. The zero-order chi connectivity index (χ0) is 17.1. The third kappa shape index (κ3) is 3.46. The average molecular weight is 336 g/mol. The summed E-state index contributed by atoms with van der Waals surface area (Å²) >= 11 is 0. The maximum absolute atomic E-state index is 12.3. The van der Waals surface area contributed by atoms with Crippen molar-refractivity contribution < 1.29 is 4.79 Å². The number of hydrogen-bond donors (Lipinski definition) is 3. The van der Waals surface area contributed by atoms with Crippen LogP contribution in [0.2, 0.25) is 0 Å². The molecule has 25 heavy (non-hydrogen) atoms. The van der Waals surface area contributed by atoms with E-state index in [1.807, 2.05) is 35.0 Å². The highest BCUT2D eigenvalue weighted by atomic mass is 16.1. The molecule has 4 rings (SSSR count). The van der Waals surface area contributed by atoms with Crippen molar-refractivity contribution in [3.05, 3.63) is 59.5 Å². The third-order valence-corrected chi connectivity index (χ3v) is 4.33. The van der Waals surface area contributed by atoms with Gasteiger partial charge < -0.3 is 10.6 Å². The van der Waals surface area contributed by atoms with Crippen LogP contribution in [0.15, 0.2) is 42.6 Å². The van der Waals surface area contributed by atoms with E-state index in [0.29, 0.717) is 12.1 Å². The number of hydrogen-bond acceptors (Lipinski definition) is 4. The van der Waals surface area contributed by atoms with Gasteiger partial charge >= 0.3 is 0 Å². The van der Waals surface area contributed by atoms with Gasteiger partial charge in [-0.15, -0.1) is 0 Å². The lowest BCUT2D eigenvalue weighted by Gasteiger charge is -2.05. The lowest BCUT2D eigenvalue weighted by atomic mass is 10.1. The number of nitrogens with zero attached hydrogens (tertiary/aromatic N) is 3. The lowest BCUT2D eigenvalue weighted by molar-refractivity contribution is 0.0950. The van der Waals surface area contributed by atoms with Crippen molar-refractivity contribution in [3.63, 3.8) is 0 Å². The highest BCUT2D eigenvalue weighted by Gasteiger charge is 2.12. The second kappa shape index (κ2) is 6.90. The number of carbonyl (C=O) groups is 1. The molecule has 1 aliphatic rings. The molecular weight excluding hydrogens is 316 g/mol. The van der Waals surface area contributed by atoms with E-state index >= 15 is 0 Å². The topological polar surface area (TPSA) is 87.6 Å². The SMILES string of the molecule is O=C(NCc1cc2n(n1)CCCNC2)c1ccc(-c2ccn[nH]2)cc1. The summed E-state index contributed by atoms with van der Waals surface area (Å²) in [6, 6.07) is 11.4. The summed E-state index contributed by atoms with van der Waals surface area (Å²) in [4.78, 5) is 12.3. The van der Waals surface area contributed by atoms with Crippen LogP contribution in [0, 0.1) is 0 Å². The number of benzene rings is 1. The first kappa shape index (κ1) is 15.6. The maximum atomic E-state index is 12.3. The Morgan fingerprint density at radius 1 is 1.24 bits per heavy atom. The van der Waals surface area contributed by atoms with Crippen LogP contribution in [0.4, 0.5) is 0 Å². The van der Waals surface area contributed by atoms with Crippen molar-refractivity contribution in [1.82, 2.24) is 30.6 Å². The number of aryl methyl sites for hydroxylation is 1. The zero-order valence-electron chi connectivity index (χ0n) is 13.8. The van der Waals surface area contributed by atoms with E-state index in [4.69, 9.17) is 0 Å². The van der Waals surface area contributed by atoms with Crippen molar-refractivity contribution in [2.75, 3.05) is 6.54 Å². The molecule has 0 saturated heterocycles. The van der Waals surface area contributed by atoms with Gasteiger partial charge in [0.1, 0.15) is 0 Å². The normalized spacial score (nSPS) is 13.9. The first-order chi connectivity index (χ1) is 12.3. The predicted octanol–water partition coefficient (Wildman–Crippen LogP) is 1.70. The summed E-state index contributed by atoms with van der Waals surface area (Å²) in [5, 5.41) is 17.7. The van der Waals surface area contributed by atoms with Crippen LogP contribution in [-0.4, -0.2) is 32.4 Å². The van der Waals surface area contributed by atoms with Gasteiger partial charge in [-0.2, -0.15) is 10.2 Å². The molecule has 0 unspecified atom stereocenters. The number of nitrogens with one attached hydrogen (secondary N) is 3. The fourth-order valence-electron chi connectivity index (χ4n) is 3.00.